The molecule has 0 atom stereocenters. The summed E-state index contributed by atoms with van der Waals surface area (Å²) >= 11 is 6.13. The number of benzene rings is 3. The summed E-state index contributed by atoms with van der Waals surface area (Å²) in [6, 6.07) is 17.2. The van der Waals surface area contributed by atoms with Crippen LogP contribution in [0, 0.1) is 10.1 Å². The molecule has 0 saturated carbocycles. The molecule has 11 heteroatoms. The van der Waals surface area contributed by atoms with Crippen molar-refractivity contribution in [2.45, 2.75) is 6.54 Å². The van der Waals surface area contributed by atoms with Crippen molar-refractivity contribution < 1.29 is 24.0 Å². The molecule has 35 heavy (non-hydrogen) atoms. The maximum Gasteiger partial charge on any atom is 0.325 e. The lowest BCUT2D eigenvalue weighted by Crippen LogP contribution is -2.30. The summed E-state index contributed by atoms with van der Waals surface area (Å²) in [5.74, 6) is -1.73. The summed E-state index contributed by atoms with van der Waals surface area (Å²) in [5, 5.41) is 20.1. The normalized spacial score (nSPS) is 10.2. The van der Waals surface area contributed by atoms with Crippen LogP contribution in [-0.4, -0.2) is 36.4 Å². The standard InChI is InChI=1S/C24H21ClN4O6/c1-35-22(30)14-27-23(31)15-6-4-7-18(11-15)28-24(32)16-9-10-20(21(12-16)29(33)34)26-13-17-5-2-3-8-19(17)25/h2-12,26H,13-14H2,1H3,(H,27,31)(H,28,32). The number of anilines is 2. The molecule has 0 radical (unpaired) electrons. The van der Waals surface area contributed by atoms with Crippen molar-refractivity contribution in [1.82, 2.24) is 5.32 Å². The van der Waals surface area contributed by atoms with E-state index in [0.717, 1.165) is 11.6 Å². The summed E-state index contributed by atoms with van der Waals surface area (Å²) in [6.45, 7) is -0.0384. The maximum absolute atomic E-state index is 12.7. The number of rotatable bonds is 9. The predicted molar refractivity (Wildman–Crippen MR) is 131 cm³/mol. The van der Waals surface area contributed by atoms with Crippen molar-refractivity contribution in [1.29, 1.82) is 0 Å². The molecule has 0 saturated heterocycles. The Balaban J connectivity index is 1.72. The number of methoxy groups -OCH3 is 1. The lowest BCUT2D eigenvalue weighted by molar-refractivity contribution is -0.384. The molecule has 0 heterocycles. The fraction of sp³-hybridized carbons (Fsp3) is 0.125. The van der Waals surface area contributed by atoms with Gasteiger partial charge in [-0.05, 0) is 42.0 Å². The number of hydrogen-bond acceptors (Lipinski definition) is 7. The molecule has 3 rings (SSSR count). The second-order valence-electron chi connectivity index (χ2n) is 7.23. The van der Waals surface area contributed by atoms with Gasteiger partial charge in [-0.1, -0.05) is 35.9 Å². The predicted octanol–water partition coefficient (Wildman–Crippen LogP) is 4.02. The van der Waals surface area contributed by atoms with Crippen molar-refractivity contribution in [3.63, 3.8) is 0 Å². The van der Waals surface area contributed by atoms with Gasteiger partial charge < -0.3 is 20.7 Å². The summed E-state index contributed by atoms with van der Waals surface area (Å²) in [4.78, 5) is 47.1. The van der Waals surface area contributed by atoms with E-state index in [-0.39, 0.29) is 35.6 Å². The molecule has 3 aromatic carbocycles. The number of ether oxygens (including phenoxy) is 1. The first-order chi connectivity index (χ1) is 16.8. The Labute approximate surface area is 205 Å². The van der Waals surface area contributed by atoms with Gasteiger partial charge in [-0.2, -0.15) is 0 Å². The largest absolute Gasteiger partial charge is 0.468 e. The monoisotopic (exact) mass is 496 g/mol. The first-order valence-electron chi connectivity index (χ1n) is 10.3. The van der Waals surface area contributed by atoms with Gasteiger partial charge in [0.1, 0.15) is 12.2 Å². The minimum Gasteiger partial charge on any atom is -0.468 e. The second-order valence-corrected chi connectivity index (χ2v) is 7.63. The van der Waals surface area contributed by atoms with Crippen molar-refractivity contribution in [3.05, 3.63) is 98.6 Å². The van der Waals surface area contributed by atoms with Crippen LogP contribution in [0.25, 0.3) is 0 Å². The molecule has 0 fully saturated rings. The van der Waals surface area contributed by atoms with Gasteiger partial charge in [0.25, 0.3) is 17.5 Å². The van der Waals surface area contributed by atoms with Gasteiger partial charge in [0, 0.05) is 34.4 Å². The van der Waals surface area contributed by atoms with Gasteiger partial charge in [0.15, 0.2) is 0 Å². The first-order valence-corrected chi connectivity index (χ1v) is 10.7. The lowest BCUT2D eigenvalue weighted by Gasteiger charge is -2.11. The average Bonchev–Trinajstić information content (AvgIpc) is 2.86. The van der Waals surface area contributed by atoms with E-state index < -0.39 is 22.7 Å². The zero-order chi connectivity index (χ0) is 25.4. The van der Waals surface area contributed by atoms with Gasteiger partial charge in [0.05, 0.1) is 12.0 Å². The number of carbonyl (C=O) groups is 3. The molecule has 0 spiro atoms. The minimum absolute atomic E-state index is 0.0561. The van der Waals surface area contributed by atoms with Gasteiger partial charge in [0.2, 0.25) is 0 Å². The molecule has 0 unspecified atom stereocenters. The number of nitro groups is 1. The molecular weight excluding hydrogens is 476 g/mol. The Hall–Kier alpha value is -4.44. The third kappa shape index (κ3) is 6.78. The van der Waals surface area contributed by atoms with Crippen LogP contribution in [0.5, 0.6) is 0 Å². The van der Waals surface area contributed by atoms with Gasteiger partial charge >= 0.3 is 5.97 Å². The third-order valence-corrected chi connectivity index (χ3v) is 5.26. The van der Waals surface area contributed by atoms with Crippen LogP contribution in [0.3, 0.4) is 0 Å². The van der Waals surface area contributed by atoms with E-state index in [1.165, 1.54) is 31.4 Å². The Bertz CT molecular complexity index is 1280. The number of halogens is 1. The Morgan fingerprint density at radius 3 is 2.43 bits per heavy atom. The van der Waals surface area contributed by atoms with E-state index >= 15 is 0 Å². The molecule has 2 amide bonds. The van der Waals surface area contributed by atoms with Gasteiger partial charge in [-0.25, -0.2) is 0 Å². The molecule has 0 aliphatic rings. The molecule has 0 bridgehead atoms. The fourth-order valence-corrected chi connectivity index (χ4v) is 3.28. The Morgan fingerprint density at radius 1 is 0.971 bits per heavy atom. The van der Waals surface area contributed by atoms with Gasteiger partial charge in [-0.15, -0.1) is 0 Å². The van der Waals surface area contributed by atoms with Crippen molar-refractivity contribution in [3.8, 4) is 0 Å². The number of nitrogens with one attached hydrogen (secondary N) is 3. The topological polar surface area (TPSA) is 140 Å². The molecular formula is C24H21ClN4O6. The van der Waals surface area contributed by atoms with Crippen LogP contribution in [0.15, 0.2) is 66.7 Å². The number of amides is 2. The number of hydrogen-bond donors (Lipinski definition) is 3. The summed E-state index contributed by atoms with van der Waals surface area (Å²) < 4.78 is 4.47. The smallest absolute Gasteiger partial charge is 0.325 e. The van der Waals surface area contributed by atoms with Crippen LogP contribution in [0.4, 0.5) is 17.1 Å². The van der Waals surface area contributed by atoms with Gasteiger partial charge in [-0.3, -0.25) is 24.5 Å². The summed E-state index contributed by atoms with van der Waals surface area (Å²) in [5.41, 5.74) is 1.28. The highest BCUT2D eigenvalue weighted by Gasteiger charge is 2.18. The molecule has 10 nitrogen and oxygen atoms in total. The Kier molecular flexibility index (Phi) is 8.36. The van der Waals surface area contributed by atoms with E-state index in [1.807, 2.05) is 6.07 Å². The molecule has 180 valence electrons. The molecule has 0 aliphatic heterocycles. The quantitative estimate of drug-likeness (QED) is 0.231. The maximum atomic E-state index is 12.7. The number of nitrogens with zero attached hydrogens (tertiary/aromatic N) is 1. The third-order valence-electron chi connectivity index (χ3n) is 4.89. The van der Waals surface area contributed by atoms with Crippen LogP contribution in [0.2, 0.25) is 5.02 Å². The van der Waals surface area contributed by atoms with Crippen LogP contribution < -0.4 is 16.0 Å². The molecule has 3 aromatic rings. The van der Waals surface area contributed by atoms with E-state index in [9.17, 15) is 24.5 Å². The molecule has 3 N–H and O–H groups in total. The van der Waals surface area contributed by atoms with Crippen LogP contribution in [0.1, 0.15) is 26.3 Å². The van der Waals surface area contributed by atoms with Crippen molar-refractivity contribution in [2.75, 3.05) is 24.3 Å². The van der Waals surface area contributed by atoms with Crippen molar-refractivity contribution >= 4 is 46.4 Å². The number of carbonyl (C=O) groups excluding carboxylic acids is 3. The zero-order valence-corrected chi connectivity index (χ0v) is 19.3. The van der Waals surface area contributed by atoms with Crippen LogP contribution in [-0.2, 0) is 16.1 Å². The first kappa shape index (κ1) is 25.2. The van der Waals surface area contributed by atoms with E-state index in [1.54, 1.807) is 30.3 Å². The van der Waals surface area contributed by atoms with E-state index in [0.29, 0.717) is 10.7 Å². The summed E-state index contributed by atoms with van der Waals surface area (Å²) in [7, 11) is 1.20. The highest BCUT2D eigenvalue weighted by Crippen LogP contribution is 2.27. The number of esters is 1. The second kappa shape index (κ2) is 11.6. The van der Waals surface area contributed by atoms with E-state index in [4.69, 9.17) is 11.6 Å². The minimum atomic E-state index is -0.603. The van der Waals surface area contributed by atoms with Crippen molar-refractivity contribution in [2.24, 2.45) is 0 Å². The summed E-state index contributed by atoms with van der Waals surface area (Å²) in [6.07, 6.45) is 0. The molecule has 0 aromatic heterocycles. The van der Waals surface area contributed by atoms with Crippen LogP contribution >= 0.6 is 11.6 Å². The highest BCUT2D eigenvalue weighted by molar-refractivity contribution is 6.31. The Morgan fingerprint density at radius 2 is 1.71 bits per heavy atom. The highest BCUT2D eigenvalue weighted by atomic mass is 35.5. The fourth-order valence-electron chi connectivity index (χ4n) is 3.07. The lowest BCUT2D eigenvalue weighted by atomic mass is 10.1. The van der Waals surface area contributed by atoms with E-state index in [2.05, 4.69) is 20.7 Å². The molecule has 0 aliphatic carbocycles. The number of nitro benzene ring substituents is 1. The zero-order valence-electron chi connectivity index (χ0n) is 18.5. The average molecular weight is 497 g/mol. The SMILES string of the molecule is COC(=O)CNC(=O)c1cccc(NC(=O)c2ccc(NCc3ccccc3Cl)c([N+](=O)[O-])c2)c1.